The van der Waals surface area contributed by atoms with Crippen molar-refractivity contribution < 1.29 is 27.2 Å². The number of halogens is 3. The molecule has 0 spiro atoms. The minimum Gasteiger partial charge on any atom is -0.466 e. The number of benzene rings is 1. The Balaban J connectivity index is 1.91. The summed E-state index contributed by atoms with van der Waals surface area (Å²) in [7, 11) is 0. The predicted octanol–water partition coefficient (Wildman–Crippen LogP) is 3.63. The van der Waals surface area contributed by atoms with E-state index in [-0.39, 0.29) is 11.7 Å². The van der Waals surface area contributed by atoms with Crippen molar-refractivity contribution in [3.63, 3.8) is 0 Å². The van der Waals surface area contributed by atoms with Gasteiger partial charge in [-0.3, -0.25) is 0 Å². The van der Waals surface area contributed by atoms with Gasteiger partial charge in [-0.25, -0.2) is 0 Å². The van der Waals surface area contributed by atoms with Gasteiger partial charge >= 0.3 is 6.18 Å². The summed E-state index contributed by atoms with van der Waals surface area (Å²) >= 11 is 0. The van der Waals surface area contributed by atoms with Gasteiger partial charge in [0.2, 0.25) is 17.3 Å². The van der Waals surface area contributed by atoms with Crippen LogP contribution in [0.1, 0.15) is 17.2 Å². The molecule has 0 aliphatic rings. The molecule has 0 saturated carbocycles. The highest BCUT2D eigenvalue weighted by molar-refractivity contribution is 5.54. The van der Waals surface area contributed by atoms with Crippen molar-refractivity contribution in [1.82, 2.24) is 10.1 Å². The van der Waals surface area contributed by atoms with E-state index in [1.54, 1.807) is 12.1 Å². The summed E-state index contributed by atoms with van der Waals surface area (Å²) in [4.78, 5) is 3.94. The highest BCUT2D eigenvalue weighted by Gasteiger charge is 2.58. The number of aryl methyl sites for hydroxylation is 1. The first-order valence-corrected chi connectivity index (χ1v) is 7.02. The molecule has 1 aromatic carbocycles. The molecule has 0 unspecified atom stereocenters. The first kappa shape index (κ1) is 16.3. The molecule has 0 aliphatic heterocycles. The second kappa shape index (κ2) is 5.79. The van der Waals surface area contributed by atoms with E-state index >= 15 is 0 Å². The van der Waals surface area contributed by atoms with Crippen LogP contribution >= 0.6 is 0 Å². The van der Waals surface area contributed by atoms with E-state index < -0.39 is 24.0 Å². The molecule has 1 N–H and O–H groups in total. The van der Waals surface area contributed by atoms with Gasteiger partial charge < -0.3 is 14.0 Å². The molecule has 8 heteroatoms. The lowest BCUT2D eigenvalue weighted by atomic mass is 9.95. The van der Waals surface area contributed by atoms with Crippen molar-refractivity contribution in [2.75, 3.05) is 0 Å². The Labute approximate surface area is 134 Å². The van der Waals surface area contributed by atoms with Crippen molar-refractivity contribution in [3.8, 4) is 11.4 Å². The molecule has 0 aliphatic carbocycles. The monoisotopic (exact) mass is 338 g/mol. The van der Waals surface area contributed by atoms with Crippen LogP contribution in [-0.2, 0) is 12.0 Å². The highest BCUT2D eigenvalue weighted by Crippen LogP contribution is 2.41. The van der Waals surface area contributed by atoms with Gasteiger partial charge in [0.25, 0.3) is 0 Å². The Kier molecular flexibility index (Phi) is 3.92. The summed E-state index contributed by atoms with van der Waals surface area (Å²) < 4.78 is 49.6. The quantitative estimate of drug-likeness (QED) is 0.786. The van der Waals surface area contributed by atoms with Crippen molar-refractivity contribution in [2.45, 2.75) is 25.1 Å². The summed E-state index contributed by atoms with van der Waals surface area (Å²) in [6.07, 6.45) is -4.86. The molecular weight excluding hydrogens is 325 g/mol. The average Bonchev–Trinajstić information content (AvgIpc) is 3.18. The summed E-state index contributed by atoms with van der Waals surface area (Å²) in [6, 6.07) is 9.40. The molecule has 2 aromatic heterocycles. The van der Waals surface area contributed by atoms with Crippen LogP contribution in [0.15, 0.2) is 51.6 Å². The van der Waals surface area contributed by atoms with Gasteiger partial charge in [0.05, 0.1) is 12.7 Å². The Morgan fingerprint density at radius 1 is 1.12 bits per heavy atom. The predicted molar refractivity (Wildman–Crippen MR) is 76.8 cm³/mol. The van der Waals surface area contributed by atoms with Crippen molar-refractivity contribution >= 4 is 0 Å². The lowest BCUT2D eigenvalue weighted by Crippen LogP contribution is -2.44. The molecule has 2 heterocycles. The standard InChI is InChI=1S/C16H13F3N2O3/c1-10-4-6-11(7-5-10)14-20-13(24-21-14)9-15(22,16(17,18)19)12-3-2-8-23-12/h2-8,22H,9H2,1H3/t15-/m1/s1. The first-order chi connectivity index (χ1) is 11.3. The number of hydrogen-bond acceptors (Lipinski definition) is 5. The zero-order valence-electron chi connectivity index (χ0n) is 12.5. The molecule has 3 aromatic rings. The SMILES string of the molecule is Cc1ccc(-c2noc(C[C@@](O)(c3ccco3)C(F)(F)F)n2)cc1. The molecule has 0 radical (unpaired) electrons. The largest absolute Gasteiger partial charge is 0.466 e. The Hall–Kier alpha value is -2.61. The van der Waals surface area contributed by atoms with Crippen LogP contribution in [0.3, 0.4) is 0 Å². The van der Waals surface area contributed by atoms with E-state index in [0.29, 0.717) is 5.56 Å². The Morgan fingerprint density at radius 3 is 2.42 bits per heavy atom. The third kappa shape index (κ3) is 2.92. The fourth-order valence-electron chi connectivity index (χ4n) is 2.21. The maximum Gasteiger partial charge on any atom is 0.425 e. The maximum atomic E-state index is 13.3. The molecule has 126 valence electrons. The van der Waals surface area contributed by atoms with Gasteiger partial charge in [0.1, 0.15) is 5.76 Å². The van der Waals surface area contributed by atoms with Crippen molar-refractivity contribution in [2.24, 2.45) is 0 Å². The number of aromatic nitrogens is 2. The number of aliphatic hydroxyl groups is 1. The van der Waals surface area contributed by atoms with E-state index in [0.717, 1.165) is 17.9 Å². The number of nitrogens with zero attached hydrogens (tertiary/aromatic N) is 2. The number of hydrogen-bond donors (Lipinski definition) is 1. The molecule has 0 bridgehead atoms. The zero-order valence-corrected chi connectivity index (χ0v) is 12.5. The van der Waals surface area contributed by atoms with Gasteiger partial charge in [-0.2, -0.15) is 18.2 Å². The summed E-state index contributed by atoms with van der Waals surface area (Å²) in [6.45, 7) is 1.90. The summed E-state index contributed by atoms with van der Waals surface area (Å²) in [5, 5.41) is 13.8. The maximum absolute atomic E-state index is 13.3. The van der Waals surface area contributed by atoms with Gasteiger partial charge in [-0.15, -0.1) is 0 Å². The third-order valence-corrected chi connectivity index (χ3v) is 3.58. The molecule has 1 atom stereocenters. The van der Waals surface area contributed by atoms with E-state index in [2.05, 4.69) is 10.1 Å². The normalized spacial score (nSPS) is 14.5. The summed E-state index contributed by atoms with van der Waals surface area (Å²) in [5.74, 6) is -0.833. The van der Waals surface area contributed by atoms with Crippen LogP contribution < -0.4 is 0 Å². The van der Waals surface area contributed by atoms with E-state index in [1.165, 1.54) is 6.07 Å². The molecule has 5 nitrogen and oxygen atoms in total. The fourth-order valence-corrected chi connectivity index (χ4v) is 2.21. The molecule has 0 saturated heterocycles. The third-order valence-electron chi connectivity index (χ3n) is 3.58. The molecule has 0 amide bonds. The second-order valence-electron chi connectivity index (χ2n) is 5.39. The first-order valence-electron chi connectivity index (χ1n) is 7.02. The average molecular weight is 338 g/mol. The minimum absolute atomic E-state index is 0.147. The number of furan rings is 1. The van der Waals surface area contributed by atoms with Crippen molar-refractivity contribution in [3.05, 3.63) is 59.9 Å². The van der Waals surface area contributed by atoms with Gasteiger partial charge in [0, 0.05) is 5.56 Å². The van der Waals surface area contributed by atoms with Crippen LogP contribution in [0.25, 0.3) is 11.4 Å². The van der Waals surface area contributed by atoms with Crippen LogP contribution in [0.5, 0.6) is 0 Å². The zero-order chi connectivity index (χ0) is 17.4. The van der Waals surface area contributed by atoms with Crippen LogP contribution in [0.4, 0.5) is 13.2 Å². The van der Waals surface area contributed by atoms with Gasteiger partial charge in [-0.1, -0.05) is 35.0 Å². The highest BCUT2D eigenvalue weighted by atomic mass is 19.4. The van der Waals surface area contributed by atoms with Crippen LogP contribution in [0.2, 0.25) is 0 Å². The van der Waals surface area contributed by atoms with E-state index in [4.69, 9.17) is 8.94 Å². The molecule has 24 heavy (non-hydrogen) atoms. The lowest BCUT2D eigenvalue weighted by Gasteiger charge is -2.26. The number of rotatable bonds is 4. The lowest BCUT2D eigenvalue weighted by molar-refractivity contribution is -0.273. The smallest absolute Gasteiger partial charge is 0.425 e. The second-order valence-corrected chi connectivity index (χ2v) is 5.39. The van der Waals surface area contributed by atoms with Crippen molar-refractivity contribution in [1.29, 1.82) is 0 Å². The topological polar surface area (TPSA) is 72.3 Å². The van der Waals surface area contributed by atoms with Gasteiger partial charge in [0.15, 0.2) is 0 Å². The minimum atomic E-state index is -4.97. The fraction of sp³-hybridized carbons (Fsp3) is 0.250. The molecule has 0 fully saturated rings. The Morgan fingerprint density at radius 2 is 1.83 bits per heavy atom. The van der Waals surface area contributed by atoms with Crippen LogP contribution in [0, 0.1) is 6.92 Å². The Bertz CT molecular complexity index is 810. The molecule has 3 rings (SSSR count). The summed E-state index contributed by atoms with van der Waals surface area (Å²) in [5.41, 5.74) is -1.62. The van der Waals surface area contributed by atoms with E-state index in [9.17, 15) is 18.3 Å². The molecular formula is C16H13F3N2O3. The van der Waals surface area contributed by atoms with E-state index in [1.807, 2.05) is 19.1 Å². The van der Waals surface area contributed by atoms with Crippen LogP contribution in [-0.4, -0.2) is 21.4 Å². The van der Waals surface area contributed by atoms with Gasteiger partial charge in [-0.05, 0) is 19.1 Å². The number of alkyl halides is 3.